The van der Waals surface area contributed by atoms with Gasteiger partial charge in [-0.05, 0) is 25.1 Å². The quantitative estimate of drug-likeness (QED) is 0.599. The van der Waals surface area contributed by atoms with E-state index in [-0.39, 0.29) is 6.03 Å². The minimum atomic E-state index is -0.245. The standard InChI is InChI=1S/C17H19N7O/c1-13-3-5-14(6-4-13)23-17(25)19-9-8-18-15-11-16(21-12-20-15)24-10-2-7-22-24/h2-7,10-12H,8-9H2,1H3,(H,18,20,21)(H2,19,23,25). The predicted octanol–water partition coefficient (Wildman–Crippen LogP) is 2.20. The number of rotatable bonds is 6. The summed E-state index contributed by atoms with van der Waals surface area (Å²) in [5.74, 6) is 1.34. The lowest BCUT2D eigenvalue weighted by Crippen LogP contribution is -2.32. The highest BCUT2D eigenvalue weighted by atomic mass is 16.2. The Morgan fingerprint density at radius 2 is 2.00 bits per heavy atom. The number of nitrogens with zero attached hydrogens (tertiary/aromatic N) is 4. The molecular formula is C17H19N7O. The van der Waals surface area contributed by atoms with Crippen LogP contribution in [0.5, 0.6) is 0 Å². The molecule has 2 heterocycles. The molecular weight excluding hydrogens is 318 g/mol. The number of nitrogens with one attached hydrogen (secondary N) is 3. The first-order valence-corrected chi connectivity index (χ1v) is 7.88. The number of urea groups is 1. The lowest BCUT2D eigenvalue weighted by Gasteiger charge is -2.09. The van der Waals surface area contributed by atoms with Gasteiger partial charge in [0.1, 0.15) is 12.1 Å². The highest BCUT2D eigenvalue weighted by molar-refractivity contribution is 5.89. The molecule has 1 aromatic carbocycles. The summed E-state index contributed by atoms with van der Waals surface area (Å²) in [6.45, 7) is 3.00. The van der Waals surface area contributed by atoms with Crippen molar-refractivity contribution in [3.05, 3.63) is 60.7 Å². The molecule has 128 valence electrons. The van der Waals surface area contributed by atoms with E-state index in [0.29, 0.717) is 24.7 Å². The number of aryl methyl sites for hydroxylation is 1. The molecule has 0 radical (unpaired) electrons. The van der Waals surface area contributed by atoms with Gasteiger partial charge < -0.3 is 16.0 Å². The fraction of sp³-hybridized carbons (Fsp3) is 0.176. The maximum absolute atomic E-state index is 11.8. The minimum absolute atomic E-state index is 0.245. The zero-order valence-corrected chi connectivity index (χ0v) is 13.8. The number of anilines is 2. The number of aromatic nitrogens is 4. The molecule has 0 aliphatic carbocycles. The van der Waals surface area contributed by atoms with Crippen LogP contribution in [0.15, 0.2) is 55.1 Å². The number of benzene rings is 1. The second-order valence-electron chi connectivity index (χ2n) is 5.39. The summed E-state index contributed by atoms with van der Waals surface area (Å²) in [5.41, 5.74) is 1.91. The molecule has 25 heavy (non-hydrogen) atoms. The zero-order valence-electron chi connectivity index (χ0n) is 13.8. The fourth-order valence-electron chi connectivity index (χ4n) is 2.15. The van der Waals surface area contributed by atoms with Crippen molar-refractivity contribution in [2.45, 2.75) is 6.92 Å². The van der Waals surface area contributed by atoms with Crippen LogP contribution in [-0.4, -0.2) is 38.9 Å². The Balaban J connectivity index is 1.43. The molecule has 8 heteroatoms. The lowest BCUT2D eigenvalue weighted by molar-refractivity contribution is 0.252. The van der Waals surface area contributed by atoms with Crippen LogP contribution < -0.4 is 16.0 Å². The third-order valence-corrected chi connectivity index (χ3v) is 3.42. The van der Waals surface area contributed by atoms with Crippen molar-refractivity contribution < 1.29 is 4.79 Å². The predicted molar refractivity (Wildman–Crippen MR) is 95.8 cm³/mol. The Hall–Kier alpha value is -3.42. The molecule has 0 aliphatic heterocycles. The average Bonchev–Trinajstić information content (AvgIpc) is 3.16. The van der Waals surface area contributed by atoms with Crippen LogP contribution in [0.3, 0.4) is 0 Å². The van der Waals surface area contributed by atoms with Crippen LogP contribution in [0.1, 0.15) is 5.56 Å². The van der Waals surface area contributed by atoms with Gasteiger partial charge >= 0.3 is 6.03 Å². The van der Waals surface area contributed by atoms with Gasteiger partial charge in [-0.1, -0.05) is 17.7 Å². The van der Waals surface area contributed by atoms with E-state index in [1.54, 1.807) is 16.9 Å². The van der Waals surface area contributed by atoms with Crippen molar-refractivity contribution in [2.24, 2.45) is 0 Å². The molecule has 0 fully saturated rings. The first kappa shape index (κ1) is 16.4. The van der Waals surface area contributed by atoms with E-state index in [9.17, 15) is 4.79 Å². The maximum atomic E-state index is 11.8. The molecule has 2 amide bonds. The van der Waals surface area contributed by atoms with Gasteiger partial charge in [0.2, 0.25) is 0 Å². The number of carbonyl (C=O) groups excluding carboxylic acids is 1. The first-order valence-electron chi connectivity index (χ1n) is 7.88. The molecule has 0 bridgehead atoms. The third kappa shape index (κ3) is 4.77. The SMILES string of the molecule is Cc1ccc(NC(=O)NCCNc2cc(-n3cccn3)ncn2)cc1. The Labute approximate surface area is 145 Å². The van der Waals surface area contributed by atoms with Crippen molar-refractivity contribution in [3.8, 4) is 5.82 Å². The summed E-state index contributed by atoms with van der Waals surface area (Å²) in [6, 6.07) is 11.0. The monoisotopic (exact) mass is 337 g/mol. The first-order chi connectivity index (χ1) is 12.2. The van der Waals surface area contributed by atoms with Gasteiger partial charge in [-0.15, -0.1) is 0 Å². The number of hydrogen-bond donors (Lipinski definition) is 3. The molecule has 0 spiro atoms. The van der Waals surface area contributed by atoms with E-state index >= 15 is 0 Å². The molecule has 0 saturated carbocycles. The van der Waals surface area contributed by atoms with Gasteiger partial charge in [-0.25, -0.2) is 19.4 Å². The van der Waals surface area contributed by atoms with E-state index in [4.69, 9.17) is 0 Å². The second-order valence-corrected chi connectivity index (χ2v) is 5.39. The van der Waals surface area contributed by atoms with E-state index in [0.717, 1.165) is 11.3 Å². The normalized spacial score (nSPS) is 10.3. The molecule has 0 saturated heterocycles. The number of amides is 2. The highest BCUT2D eigenvalue weighted by Crippen LogP contribution is 2.08. The Morgan fingerprint density at radius 1 is 1.16 bits per heavy atom. The van der Waals surface area contributed by atoms with Crippen molar-refractivity contribution >= 4 is 17.5 Å². The van der Waals surface area contributed by atoms with E-state index in [1.807, 2.05) is 43.5 Å². The molecule has 8 nitrogen and oxygen atoms in total. The Morgan fingerprint density at radius 3 is 2.76 bits per heavy atom. The Bertz CT molecular complexity index is 815. The van der Waals surface area contributed by atoms with Crippen LogP contribution in [0.2, 0.25) is 0 Å². The van der Waals surface area contributed by atoms with Crippen LogP contribution >= 0.6 is 0 Å². The van der Waals surface area contributed by atoms with Gasteiger partial charge in [0.15, 0.2) is 5.82 Å². The largest absolute Gasteiger partial charge is 0.368 e. The smallest absolute Gasteiger partial charge is 0.319 e. The van der Waals surface area contributed by atoms with Gasteiger partial charge in [0.05, 0.1) is 0 Å². The van der Waals surface area contributed by atoms with Crippen LogP contribution in [0.25, 0.3) is 5.82 Å². The van der Waals surface area contributed by atoms with Crippen molar-refractivity contribution in [1.82, 2.24) is 25.1 Å². The molecule has 3 aromatic rings. The van der Waals surface area contributed by atoms with Crippen molar-refractivity contribution in [3.63, 3.8) is 0 Å². The van der Waals surface area contributed by atoms with Crippen molar-refractivity contribution in [1.29, 1.82) is 0 Å². The molecule has 2 aromatic heterocycles. The summed E-state index contributed by atoms with van der Waals surface area (Å²) in [6.07, 6.45) is 4.96. The van der Waals surface area contributed by atoms with Crippen LogP contribution in [-0.2, 0) is 0 Å². The minimum Gasteiger partial charge on any atom is -0.368 e. The zero-order chi connectivity index (χ0) is 17.5. The molecule has 0 unspecified atom stereocenters. The third-order valence-electron chi connectivity index (χ3n) is 3.42. The van der Waals surface area contributed by atoms with E-state index < -0.39 is 0 Å². The molecule has 0 atom stereocenters. The fourth-order valence-corrected chi connectivity index (χ4v) is 2.15. The summed E-state index contributed by atoms with van der Waals surface area (Å²) >= 11 is 0. The van der Waals surface area contributed by atoms with Crippen molar-refractivity contribution in [2.75, 3.05) is 23.7 Å². The van der Waals surface area contributed by atoms with Crippen LogP contribution in [0.4, 0.5) is 16.3 Å². The highest BCUT2D eigenvalue weighted by Gasteiger charge is 2.02. The second kappa shape index (κ2) is 7.91. The molecule has 3 rings (SSSR count). The van der Waals surface area contributed by atoms with Gasteiger partial charge in [0.25, 0.3) is 0 Å². The Kier molecular flexibility index (Phi) is 5.20. The van der Waals surface area contributed by atoms with Crippen LogP contribution in [0, 0.1) is 6.92 Å². The molecule has 3 N–H and O–H groups in total. The summed E-state index contributed by atoms with van der Waals surface area (Å²) in [7, 11) is 0. The average molecular weight is 337 g/mol. The van der Waals surface area contributed by atoms with Gasteiger partial charge in [0, 0.05) is 37.2 Å². The van der Waals surface area contributed by atoms with Gasteiger partial charge in [-0.2, -0.15) is 5.10 Å². The summed E-state index contributed by atoms with van der Waals surface area (Å²) in [4.78, 5) is 20.1. The number of hydrogen-bond acceptors (Lipinski definition) is 5. The summed E-state index contributed by atoms with van der Waals surface area (Å²) < 4.78 is 1.65. The summed E-state index contributed by atoms with van der Waals surface area (Å²) in [5, 5.41) is 12.8. The lowest BCUT2D eigenvalue weighted by atomic mass is 10.2. The number of carbonyl (C=O) groups is 1. The maximum Gasteiger partial charge on any atom is 0.319 e. The van der Waals surface area contributed by atoms with E-state index in [1.165, 1.54) is 6.33 Å². The van der Waals surface area contributed by atoms with E-state index in [2.05, 4.69) is 31.0 Å². The topological polar surface area (TPSA) is 96.8 Å². The van der Waals surface area contributed by atoms with Gasteiger partial charge in [-0.3, -0.25) is 0 Å². The molecule has 0 aliphatic rings.